The molecule has 1 aliphatic carbocycles. The lowest BCUT2D eigenvalue weighted by atomic mass is 9.79. The summed E-state index contributed by atoms with van der Waals surface area (Å²) in [6.45, 7) is 8.63. The van der Waals surface area contributed by atoms with Gasteiger partial charge in [-0.05, 0) is 24.7 Å². The number of alkyl halides is 1. The molecule has 0 amide bonds. The zero-order valence-corrected chi connectivity index (χ0v) is 8.32. The van der Waals surface area contributed by atoms with Crippen molar-refractivity contribution >= 4 is 15.9 Å². The molecule has 1 heteroatoms. The summed E-state index contributed by atoms with van der Waals surface area (Å²) in [5, 5.41) is 0. The summed E-state index contributed by atoms with van der Waals surface area (Å²) in [5.41, 5.74) is 1.44. The second kappa shape index (κ2) is 3.08. The lowest BCUT2D eigenvalue weighted by Crippen LogP contribution is -2.21. The number of hydrogen-bond donors (Lipinski definition) is 0. The molecule has 58 valence electrons. The number of hydrogen-bond acceptors (Lipinski definition) is 0. The topological polar surface area (TPSA) is 0 Å². The molecule has 0 aromatic heterocycles. The molecule has 1 aliphatic rings. The monoisotopic (exact) mass is 202 g/mol. The van der Waals surface area contributed by atoms with Gasteiger partial charge in [0.25, 0.3) is 0 Å². The maximum Gasteiger partial charge on any atom is 0.0157 e. The zero-order chi connectivity index (χ0) is 7.72. The maximum atomic E-state index is 4.09. The highest BCUT2D eigenvalue weighted by Crippen LogP contribution is 2.35. The Morgan fingerprint density at radius 1 is 1.30 bits per heavy atom. The molecule has 1 saturated carbocycles. The van der Waals surface area contributed by atoms with E-state index in [0.717, 1.165) is 4.83 Å². The molecule has 0 spiro atoms. The molecule has 0 saturated heterocycles. The third-order valence-electron chi connectivity index (χ3n) is 2.48. The molecule has 1 fully saturated rings. The van der Waals surface area contributed by atoms with Gasteiger partial charge in [-0.2, -0.15) is 0 Å². The van der Waals surface area contributed by atoms with Crippen LogP contribution >= 0.6 is 15.9 Å². The van der Waals surface area contributed by atoms with E-state index in [-0.39, 0.29) is 0 Å². The molecule has 0 aromatic rings. The Balaban J connectivity index is 2.57. The van der Waals surface area contributed by atoms with E-state index in [1.54, 1.807) is 0 Å². The van der Waals surface area contributed by atoms with E-state index < -0.39 is 0 Å². The zero-order valence-electron chi connectivity index (χ0n) is 6.73. The Kier molecular flexibility index (Phi) is 2.56. The lowest BCUT2D eigenvalue weighted by molar-refractivity contribution is 0.420. The van der Waals surface area contributed by atoms with Crippen molar-refractivity contribution in [2.75, 3.05) is 0 Å². The van der Waals surface area contributed by atoms with Gasteiger partial charge in [0.1, 0.15) is 0 Å². The minimum Gasteiger partial charge on any atom is -0.0993 e. The Morgan fingerprint density at radius 3 is 2.10 bits per heavy atom. The molecular formula is C9H15Br. The van der Waals surface area contributed by atoms with Gasteiger partial charge >= 0.3 is 0 Å². The summed E-state index contributed by atoms with van der Waals surface area (Å²) in [6, 6.07) is 0. The van der Waals surface area contributed by atoms with Gasteiger partial charge in [-0.25, -0.2) is 0 Å². The number of rotatable bonds is 0. The summed E-state index contributed by atoms with van der Waals surface area (Å²) in [4.78, 5) is 0.725. The van der Waals surface area contributed by atoms with E-state index in [4.69, 9.17) is 0 Å². The predicted molar refractivity (Wildman–Crippen MR) is 49.4 cm³/mol. The van der Waals surface area contributed by atoms with Crippen molar-refractivity contribution in [3.8, 4) is 0 Å². The highest BCUT2D eigenvalue weighted by Gasteiger charge is 2.24. The van der Waals surface area contributed by atoms with Crippen LogP contribution in [0.3, 0.4) is 0 Å². The van der Waals surface area contributed by atoms with Gasteiger partial charge in [-0.3, -0.25) is 0 Å². The van der Waals surface area contributed by atoms with Gasteiger partial charge in [0.2, 0.25) is 0 Å². The Labute approximate surface area is 71.8 Å². The quantitative estimate of drug-likeness (QED) is 0.418. The minimum absolute atomic E-state index is 0.716. The first-order valence-electron chi connectivity index (χ1n) is 3.94. The average Bonchev–Trinajstić information content (AvgIpc) is 1.82. The van der Waals surface area contributed by atoms with Gasteiger partial charge in [-0.1, -0.05) is 41.9 Å². The summed E-state index contributed by atoms with van der Waals surface area (Å²) in [6.07, 6.45) is 2.53. The van der Waals surface area contributed by atoms with Crippen molar-refractivity contribution < 1.29 is 0 Å². The van der Waals surface area contributed by atoms with Crippen LogP contribution in [0.4, 0.5) is 0 Å². The van der Waals surface area contributed by atoms with E-state index in [0.29, 0.717) is 11.8 Å². The molecule has 2 unspecified atom stereocenters. The first-order valence-corrected chi connectivity index (χ1v) is 4.85. The Bertz CT molecular complexity index is 126. The molecule has 0 radical (unpaired) electrons. The molecular weight excluding hydrogens is 188 g/mol. The fourth-order valence-corrected chi connectivity index (χ4v) is 2.77. The average molecular weight is 203 g/mol. The minimum atomic E-state index is 0.716. The molecule has 0 N–H and O–H groups in total. The third-order valence-corrected chi connectivity index (χ3v) is 3.23. The van der Waals surface area contributed by atoms with Crippen LogP contribution in [0.2, 0.25) is 0 Å². The second-order valence-corrected chi connectivity index (χ2v) is 4.74. The van der Waals surface area contributed by atoms with Crippen LogP contribution in [0.1, 0.15) is 26.7 Å². The smallest absolute Gasteiger partial charge is 0.0157 e. The van der Waals surface area contributed by atoms with Crippen LogP contribution < -0.4 is 0 Å². The lowest BCUT2D eigenvalue weighted by Gasteiger charge is -2.30. The van der Waals surface area contributed by atoms with E-state index >= 15 is 0 Å². The molecule has 0 aliphatic heterocycles. The van der Waals surface area contributed by atoms with Crippen LogP contribution in [0.25, 0.3) is 0 Å². The molecule has 0 aromatic carbocycles. The van der Waals surface area contributed by atoms with Crippen LogP contribution in [-0.4, -0.2) is 4.83 Å². The van der Waals surface area contributed by atoms with Crippen molar-refractivity contribution in [3.63, 3.8) is 0 Å². The van der Waals surface area contributed by atoms with Gasteiger partial charge in [0, 0.05) is 4.83 Å². The largest absolute Gasteiger partial charge is 0.0993 e. The highest BCUT2D eigenvalue weighted by atomic mass is 79.9. The molecule has 10 heavy (non-hydrogen) atoms. The standard InChI is InChI=1S/C9H15Br/c1-6-4-9(10)5-7(2)8(6)3/h6-7,9H,3-5H2,1-2H3. The first kappa shape index (κ1) is 8.32. The van der Waals surface area contributed by atoms with E-state index in [9.17, 15) is 0 Å². The first-order chi connectivity index (χ1) is 4.61. The summed E-state index contributed by atoms with van der Waals surface area (Å²) in [5.74, 6) is 1.43. The maximum absolute atomic E-state index is 4.09. The van der Waals surface area contributed by atoms with E-state index in [1.807, 2.05) is 0 Å². The van der Waals surface area contributed by atoms with Gasteiger partial charge in [0.05, 0.1) is 0 Å². The highest BCUT2D eigenvalue weighted by molar-refractivity contribution is 9.09. The van der Waals surface area contributed by atoms with E-state index in [2.05, 4.69) is 36.4 Å². The number of allylic oxidation sites excluding steroid dienone is 1. The molecule has 0 bridgehead atoms. The summed E-state index contributed by atoms with van der Waals surface area (Å²) in [7, 11) is 0. The molecule has 1 rings (SSSR count). The fraction of sp³-hybridized carbons (Fsp3) is 0.778. The van der Waals surface area contributed by atoms with Crippen molar-refractivity contribution in [3.05, 3.63) is 12.2 Å². The van der Waals surface area contributed by atoms with Crippen molar-refractivity contribution in [1.82, 2.24) is 0 Å². The molecule has 0 heterocycles. The van der Waals surface area contributed by atoms with Gasteiger partial charge < -0.3 is 0 Å². The van der Waals surface area contributed by atoms with Crippen LogP contribution in [0.15, 0.2) is 12.2 Å². The summed E-state index contributed by atoms with van der Waals surface area (Å²) >= 11 is 3.66. The molecule has 0 nitrogen and oxygen atoms in total. The SMILES string of the molecule is C=C1C(C)CC(Br)CC1C. The predicted octanol–water partition coefficient (Wildman–Crippen LogP) is 3.37. The Hall–Kier alpha value is 0.220. The van der Waals surface area contributed by atoms with Gasteiger partial charge in [-0.15, -0.1) is 0 Å². The molecule has 2 atom stereocenters. The number of halogens is 1. The van der Waals surface area contributed by atoms with Crippen molar-refractivity contribution in [1.29, 1.82) is 0 Å². The van der Waals surface area contributed by atoms with Crippen molar-refractivity contribution in [2.24, 2.45) is 11.8 Å². The fourth-order valence-electron chi connectivity index (χ4n) is 1.65. The third kappa shape index (κ3) is 1.63. The van der Waals surface area contributed by atoms with Crippen molar-refractivity contribution in [2.45, 2.75) is 31.5 Å². The summed E-state index contributed by atoms with van der Waals surface area (Å²) < 4.78 is 0. The second-order valence-electron chi connectivity index (χ2n) is 3.45. The van der Waals surface area contributed by atoms with Crippen LogP contribution in [-0.2, 0) is 0 Å². The Morgan fingerprint density at radius 2 is 1.70 bits per heavy atom. The van der Waals surface area contributed by atoms with Crippen LogP contribution in [0.5, 0.6) is 0 Å². The van der Waals surface area contributed by atoms with Gasteiger partial charge in [0.15, 0.2) is 0 Å². The van der Waals surface area contributed by atoms with E-state index in [1.165, 1.54) is 18.4 Å². The normalized spacial score (nSPS) is 41.9. The van der Waals surface area contributed by atoms with Crippen LogP contribution in [0, 0.1) is 11.8 Å².